The Morgan fingerprint density at radius 1 is 0.714 bits per heavy atom. The molecule has 0 aliphatic heterocycles. The first-order valence-corrected chi connectivity index (χ1v) is 13.7. The number of amides is 1. The normalized spacial score (nSPS) is 10.8. The van der Waals surface area contributed by atoms with Gasteiger partial charge in [0.25, 0.3) is 5.91 Å². The molecule has 1 aromatic heterocycles. The highest BCUT2D eigenvalue weighted by atomic mass is 35.5. The molecule has 0 spiro atoms. The van der Waals surface area contributed by atoms with Gasteiger partial charge in [0.15, 0.2) is 5.78 Å². The van der Waals surface area contributed by atoms with Crippen molar-refractivity contribution in [2.75, 3.05) is 10.6 Å². The van der Waals surface area contributed by atoms with Crippen LogP contribution in [-0.2, 0) is 0 Å². The highest BCUT2D eigenvalue weighted by molar-refractivity contribution is 6.31. The average molecular weight is 569 g/mol. The van der Waals surface area contributed by atoms with E-state index < -0.39 is 0 Å². The Morgan fingerprint density at radius 3 is 2.17 bits per heavy atom. The number of nitrogens with one attached hydrogen (secondary N) is 2. The molecule has 6 nitrogen and oxygen atoms in total. The number of aromatic nitrogens is 2. The SMILES string of the molecule is Cc1ccc(NC(=O)c2ccc(Nc3nc(-c4ccccc4)c4cc(Cl)ccc4n3)cc2)c(C(=O)c2ccccc2)c1. The van der Waals surface area contributed by atoms with Gasteiger partial charge < -0.3 is 10.6 Å². The summed E-state index contributed by atoms with van der Waals surface area (Å²) in [6, 6.07) is 36.8. The minimum absolute atomic E-state index is 0.151. The molecule has 0 aliphatic rings. The summed E-state index contributed by atoms with van der Waals surface area (Å²) in [5.74, 6) is -0.0519. The number of fused-ring (bicyclic) bond motifs is 1. The molecule has 6 rings (SSSR count). The number of benzene rings is 5. The maximum atomic E-state index is 13.2. The van der Waals surface area contributed by atoms with Crippen LogP contribution in [0.2, 0.25) is 5.02 Å². The summed E-state index contributed by atoms with van der Waals surface area (Å²) in [7, 11) is 0. The lowest BCUT2D eigenvalue weighted by molar-refractivity contribution is 0.102. The van der Waals surface area contributed by atoms with E-state index in [1.165, 1.54) is 0 Å². The Kier molecular flexibility index (Phi) is 7.45. The lowest BCUT2D eigenvalue weighted by Crippen LogP contribution is -2.15. The second-order valence-electron chi connectivity index (χ2n) is 9.82. The lowest BCUT2D eigenvalue weighted by atomic mass is 9.99. The molecule has 0 radical (unpaired) electrons. The van der Waals surface area contributed by atoms with Crippen LogP contribution < -0.4 is 10.6 Å². The molecule has 2 N–H and O–H groups in total. The number of anilines is 3. The fourth-order valence-electron chi connectivity index (χ4n) is 4.70. The van der Waals surface area contributed by atoms with Gasteiger partial charge in [0, 0.05) is 38.4 Å². The van der Waals surface area contributed by atoms with Crippen LogP contribution in [0.5, 0.6) is 0 Å². The van der Waals surface area contributed by atoms with Gasteiger partial charge >= 0.3 is 0 Å². The largest absolute Gasteiger partial charge is 0.324 e. The zero-order valence-corrected chi connectivity index (χ0v) is 23.4. The highest BCUT2D eigenvalue weighted by Crippen LogP contribution is 2.30. The molecule has 0 unspecified atom stereocenters. The van der Waals surface area contributed by atoms with Gasteiger partial charge in [-0.15, -0.1) is 0 Å². The lowest BCUT2D eigenvalue weighted by Gasteiger charge is -2.13. The van der Waals surface area contributed by atoms with Crippen molar-refractivity contribution in [2.24, 2.45) is 0 Å². The molecule has 42 heavy (non-hydrogen) atoms. The summed E-state index contributed by atoms with van der Waals surface area (Å²) in [6.45, 7) is 1.91. The zero-order chi connectivity index (χ0) is 29.1. The van der Waals surface area contributed by atoms with Crippen molar-refractivity contribution in [1.29, 1.82) is 0 Å². The van der Waals surface area contributed by atoms with E-state index in [1.54, 1.807) is 54.6 Å². The molecule has 0 fully saturated rings. The maximum absolute atomic E-state index is 13.2. The van der Waals surface area contributed by atoms with E-state index in [4.69, 9.17) is 16.6 Å². The fourth-order valence-corrected chi connectivity index (χ4v) is 4.87. The van der Waals surface area contributed by atoms with Gasteiger partial charge in [0.05, 0.1) is 16.9 Å². The minimum atomic E-state index is -0.322. The molecule has 0 aliphatic carbocycles. The maximum Gasteiger partial charge on any atom is 0.255 e. The molecule has 0 saturated carbocycles. The predicted molar refractivity (Wildman–Crippen MR) is 169 cm³/mol. The minimum Gasteiger partial charge on any atom is -0.324 e. The summed E-state index contributed by atoms with van der Waals surface area (Å²) in [4.78, 5) is 35.8. The summed E-state index contributed by atoms with van der Waals surface area (Å²) in [5, 5.41) is 7.63. The summed E-state index contributed by atoms with van der Waals surface area (Å²) in [6.07, 6.45) is 0. The number of hydrogen-bond donors (Lipinski definition) is 2. The second-order valence-corrected chi connectivity index (χ2v) is 10.3. The van der Waals surface area contributed by atoms with E-state index in [-0.39, 0.29) is 11.7 Å². The van der Waals surface area contributed by atoms with Gasteiger partial charge in [-0.2, -0.15) is 0 Å². The molecule has 0 atom stereocenters. The Labute approximate surface area is 248 Å². The molecular weight excluding hydrogens is 544 g/mol. The number of hydrogen-bond acceptors (Lipinski definition) is 5. The van der Waals surface area contributed by atoms with E-state index in [0.717, 1.165) is 27.7 Å². The van der Waals surface area contributed by atoms with Gasteiger partial charge in [0.2, 0.25) is 5.95 Å². The third kappa shape index (κ3) is 5.75. The van der Waals surface area contributed by atoms with Crippen LogP contribution in [0.3, 0.4) is 0 Å². The Bertz CT molecular complexity index is 1930. The third-order valence-electron chi connectivity index (χ3n) is 6.81. The van der Waals surface area contributed by atoms with Crippen LogP contribution in [0.4, 0.5) is 17.3 Å². The number of rotatable bonds is 7. The Balaban J connectivity index is 1.24. The summed E-state index contributed by atoms with van der Waals surface area (Å²) >= 11 is 6.28. The van der Waals surface area contributed by atoms with Crippen LogP contribution in [-0.4, -0.2) is 21.7 Å². The van der Waals surface area contributed by atoms with E-state index in [2.05, 4.69) is 15.6 Å². The van der Waals surface area contributed by atoms with Crippen LogP contribution in [0.15, 0.2) is 121 Å². The average Bonchev–Trinajstić information content (AvgIpc) is 3.02. The van der Waals surface area contributed by atoms with Crippen LogP contribution >= 0.6 is 11.6 Å². The van der Waals surface area contributed by atoms with Crippen molar-refractivity contribution >= 4 is 51.5 Å². The Hall–Kier alpha value is -5.33. The molecule has 0 bridgehead atoms. The first-order valence-electron chi connectivity index (χ1n) is 13.4. The first-order chi connectivity index (χ1) is 20.4. The van der Waals surface area contributed by atoms with Crippen molar-refractivity contribution < 1.29 is 9.59 Å². The van der Waals surface area contributed by atoms with E-state index in [9.17, 15) is 9.59 Å². The molecular formula is C35H25ClN4O2. The van der Waals surface area contributed by atoms with Crippen molar-refractivity contribution in [1.82, 2.24) is 9.97 Å². The van der Waals surface area contributed by atoms with Gasteiger partial charge in [-0.25, -0.2) is 9.97 Å². The van der Waals surface area contributed by atoms with Gasteiger partial charge in [-0.05, 0) is 61.5 Å². The molecule has 1 amide bonds. The summed E-state index contributed by atoms with van der Waals surface area (Å²) in [5.41, 5.74) is 6.01. The highest BCUT2D eigenvalue weighted by Gasteiger charge is 2.17. The Morgan fingerprint density at radius 2 is 1.43 bits per heavy atom. The number of aryl methyl sites for hydroxylation is 1. The topological polar surface area (TPSA) is 84.0 Å². The zero-order valence-electron chi connectivity index (χ0n) is 22.6. The van der Waals surface area contributed by atoms with E-state index in [1.807, 2.05) is 73.7 Å². The van der Waals surface area contributed by atoms with Gasteiger partial charge in [0.1, 0.15) is 0 Å². The van der Waals surface area contributed by atoms with Crippen molar-refractivity contribution in [2.45, 2.75) is 6.92 Å². The molecule has 7 heteroatoms. The van der Waals surface area contributed by atoms with Crippen molar-refractivity contribution in [3.05, 3.63) is 149 Å². The molecule has 6 aromatic rings. The second kappa shape index (κ2) is 11.6. The van der Waals surface area contributed by atoms with E-state index >= 15 is 0 Å². The smallest absolute Gasteiger partial charge is 0.255 e. The number of carbonyl (C=O) groups is 2. The van der Waals surface area contributed by atoms with Crippen LogP contribution in [0, 0.1) is 6.92 Å². The monoisotopic (exact) mass is 568 g/mol. The van der Waals surface area contributed by atoms with Crippen molar-refractivity contribution in [3.63, 3.8) is 0 Å². The molecule has 1 heterocycles. The third-order valence-corrected chi connectivity index (χ3v) is 7.05. The quantitative estimate of drug-likeness (QED) is 0.189. The van der Waals surface area contributed by atoms with E-state index in [0.29, 0.717) is 39.0 Å². The standard InChI is InChI=1S/C35H25ClN4O2/c1-22-12-18-31(29(20-22)33(41)24-10-6-3-7-11-24)38-34(42)25-13-16-27(17-14-25)37-35-39-30-19-15-26(36)21-28(30)32(40-35)23-8-4-2-5-9-23/h2-21H,1H3,(H,38,42)(H,37,39,40). The van der Waals surface area contributed by atoms with Crippen LogP contribution in [0.1, 0.15) is 31.8 Å². The number of carbonyl (C=O) groups excluding carboxylic acids is 2. The predicted octanol–water partition coefficient (Wildman–Crippen LogP) is 8.49. The summed E-state index contributed by atoms with van der Waals surface area (Å²) < 4.78 is 0. The van der Waals surface area contributed by atoms with Gasteiger partial charge in [-0.1, -0.05) is 83.9 Å². The number of nitrogens with zero attached hydrogens (tertiary/aromatic N) is 2. The van der Waals surface area contributed by atoms with Crippen molar-refractivity contribution in [3.8, 4) is 11.3 Å². The molecule has 5 aromatic carbocycles. The first kappa shape index (κ1) is 26.9. The molecule has 204 valence electrons. The van der Waals surface area contributed by atoms with Gasteiger partial charge in [-0.3, -0.25) is 9.59 Å². The molecule has 0 saturated heterocycles. The number of halogens is 1. The fraction of sp³-hybridized carbons (Fsp3) is 0.0286. The van der Waals surface area contributed by atoms with Crippen LogP contribution in [0.25, 0.3) is 22.2 Å². The number of ketones is 1.